The van der Waals surface area contributed by atoms with Crippen molar-refractivity contribution in [1.29, 1.82) is 0 Å². The monoisotopic (exact) mass is 393 g/mol. The summed E-state index contributed by atoms with van der Waals surface area (Å²) in [5.41, 5.74) is 2.61. The van der Waals surface area contributed by atoms with Crippen molar-refractivity contribution in [2.24, 2.45) is 7.05 Å². The standard InChI is InChI=1S/C18H27N5O3S/c1-4-5-18(24)19-14-6-7-16-15(12-14)20-17(21(16)2)13-22-8-10-23(11-9-22)27(3,25)26/h6-7,12H,4-5,8-11,13H2,1-3H3,(H,19,24). The van der Waals surface area contributed by atoms with E-state index in [1.165, 1.54) is 10.6 Å². The predicted octanol–water partition coefficient (Wildman–Crippen LogP) is 1.39. The number of rotatable bonds is 6. The van der Waals surface area contributed by atoms with Crippen molar-refractivity contribution in [3.05, 3.63) is 24.0 Å². The van der Waals surface area contributed by atoms with Crippen molar-refractivity contribution in [3.63, 3.8) is 0 Å². The Morgan fingerprint density at radius 3 is 2.56 bits per heavy atom. The van der Waals surface area contributed by atoms with Crippen LogP contribution < -0.4 is 5.32 Å². The van der Waals surface area contributed by atoms with Gasteiger partial charge in [-0.25, -0.2) is 13.4 Å². The molecule has 1 aromatic heterocycles. The molecular formula is C18H27N5O3S. The second kappa shape index (κ2) is 7.95. The van der Waals surface area contributed by atoms with Crippen molar-refractivity contribution in [2.75, 3.05) is 37.8 Å². The lowest BCUT2D eigenvalue weighted by molar-refractivity contribution is -0.116. The molecule has 0 radical (unpaired) electrons. The molecule has 0 atom stereocenters. The summed E-state index contributed by atoms with van der Waals surface area (Å²) in [5, 5.41) is 2.90. The van der Waals surface area contributed by atoms with E-state index in [9.17, 15) is 13.2 Å². The molecule has 0 unspecified atom stereocenters. The minimum atomic E-state index is -3.12. The first-order valence-electron chi connectivity index (χ1n) is 9.20. The number of aryl methyl sites for hydroxylation is 1. The van der Waals surface area contributed by atoms with Crippen LogP contribution in [-0.2, 0) is 28.4 Å². The van der Waals surface area contributed by atoms with Crippen LogP contribution in [-0.4, -0.2) is 65.5 Å². The Kier molecular flexibility index (Phi) is 5.83. The summed E-state index contributed by atoms with van der Waals surface area (Å²) in [6, 6.07) is 5.76. The van der Waals surface area contributed by atoms with Gasteiger partial charge >= 0.3 is 0 Å². The fourth-order valence-corrected chi connectivity index (χ4v) is 4.17. The van der Waals surface area contributed by atoms with Crippen molar-refractivity contribution >= 4 is 32.7 Å². The molecule has 9 heteroatoms. The van der Waals surface area contributed by atoms with E-state index in [0.717, 1.165) is 29.0 Å². The number of hydrogen-bond acceptors (Lipinski definition) is 5. The molecule has 0 saturated carbocycles. The molecule has 0 spiro atoms. The third-order valence-corrected chi connectivity index (χ3v) is 6.20. The highest BCUT2D eigenvalue weighted by atomic mass is 32.2. The van der Waals surface area contributed by atoms with E-state index in [1.807, 2.05) is 32.2 Å². The molecule has 148 valence electrons. The van der Waals surface area contributed by atoms with Crippen LogP contribution in [0, 0.1) is 0 Å². The number of hydrogen-bond donors (Lipinski definition) is 1. The summed E-state index contributed by atoms with van der Waals surface area (Å²) in [5.74, 6) is 0.937. The zero-order chi connectivity index (χ0) is 19.6. The Bertz CT molecular complexity index is 930. The van der Waals surface area contributed by atoms with Gasteiger partial charge in [-0.05, 0) is 24.6 Å². The number of nitrogens with one attached hydrogen (secondary N) is 1. The summed E-state index contributed by atoms with van der Waals surface area (Å²) in [6.45, 7) is 5.04. The number of aromatic nitrogens is 2. The fourth-order valence-electron chi connectivity index (χ4n) is 3.34. The third-order valence-electron chi connectivity index (χ3n) is 4.90. The number of amides is 1. The topological polar surface area (TPSA) is 87.5 Å². The second-order valence-corrected chi connectivity index (χ2v) is 9.01. The van der Waals surface area contributed by atoms with Crippen molar-refractivity contribution in [2.45, 2.75) is 26.3 Å². The Morgan fingerprint density at radius 1 is 1.22 bits per heavy atom. The molecule has 1 saturated heterocycles. The summed E-state index contributed by atoms with van der Waals surface area (Å²) in [6.07, 6.45) is 2.57. The van der Waals surface area contributed by atoms with Gasteiger partial charge in [-0.15, -0.1) is 0 Å². The number of carbonyl (C=O) groups excluding carboxylic acids is 1. The van der Waals surface area contributed by atoms with Crippen LogP contribution in [0.15, 0.2) is 18.2 Å². The molecule has 8 nitrogen and oxygen atoms in total. The maximum atomic E-state index is 11.8. The van der Waals surface area contributed by atoms with Crippen LogP contribution in [0.1, 0.15) is 25.6 Å². The minimum Gasteiger partial charge on any atom is -0.330 e. The van der Waals surface area contributed by atoms with Gasteiger partial charge in [0.15, 0.2) is 0 Å². The van der Waals surface area contributed by atoms with E-state index in [1.54, 1.807) is 0 Å². The van der Waals surface area contributed by atoms with Gasteiger partial charge < -0.3 is 9.88 Å². The number of nitrogens with zero attached hydrogens (tertiary/aromatic N) is 4. The average Bonchev–Trinajstić information content (AvgIpc) is 2.90. The highest BCUT2D eigenvalue weighted by Gasteiger charge is 2.24. The average molecular weight is 394 g/mol. The molecule has 1 amide bonds. The SMILES string of the molecule is CCCC(=O)Nc1ccc2c(c1)nc(CN1CCN(S(C)(=O)=O)CC1)n2C. The van der Waals surface area contributed by atoms with Gasteiger partial charge in [-0.1, -0.05) is 6.92 Å². The van der Waals surface area contributed by atoms with Gasteiger partial charge in [0.2, 0.25) is 15.9 Å². The Labute approximate surface area is 160 Å². The highest BCUT2D eigenvalue weighted by Crippen LogP contribution is 2.21. The van der Waals surface area contributed by atoms with E-state index >= 15 is 0 Å². The number of carbonyl (C=O) groups is 1. The molecule has 2 aromatic rings. The Balaban J connectivity index is 1.70. The molecule has 1 N–H and O–H groups in total. The molecule has 1 aromatic carbocycles. The van der Waals surface area contributed by atoms with E-state index < -0.39 is 10.0 Å². The smallest absolute Gasteiger partial charge is 0.224 e. The molecule has 2 heterocycles. The first-order chi connectivity index (χ1) is 12.8. The van der Waals surface area contributed by atoms with E-state index in [4.69, 9.17) is 4.98 Å². The minimum absolute atomic E-state index is 0.0109. The zero-order valence-corrected chi connectivity index (χ0v) is 16.9. The number of benzene rings is 1. The molecule has 0 bridgehead atoms. The molecule has 27 heavy (non-hydrogen) atoms. The van der Waals surface area contributed by atoms with Crippen LogP contribution in [0.2, 0.25) is 0 Å². The predicted molar refractivity (Wildman–Crippen MR) is 106 cm³/mol. The molecule has 1 aliphatic rings. The van der Waals surface area contributed by atoms with Crippen molar-refractivity contribution in [1.82, 2.24) is 18.8 Å². The maximum absolute atomic E-state index is 11.8. The number of fused-ring (bicyclic) bond motifs is 1. The molecule has 1 fully saturated rings. The third kappa shape index (κ3) is 4.66. The Morgan fingerprint density at radius 2 is 1.93 bits per heavy atom. The maximum Gasteiger partial charge on any atom is 0.224 e. The second-order valence-electron chi connectivity index (χ2n) is 7.03. The van der Waals surface area contributed by atoms with Crippen LogP contribution in [0.3, 0.4) is 0 Å². The van der Waals surface area contributed by atoms with Crippen LogP contribution in [0.25, 0.3) is 11.0 Å². The number of piperazine rings is 1. The lowest BCUT2D eigenvalue weighted by atomic mass is 10.2. The molecule has 1 aliphatic heterocycles. The summed E-state index contributed by atoms with van der Waals surface area (Å²) in [4.78, 5) is 18.7. The molecule has 3 rings (SSSR count). The van der Waals surface area contributed by atoms with Gasteiger partial charge in [0.1, 0.15) is 5.82 Å². The first-order valence-corrected chi connectivity index (χ1v) is 11.1. The largest absolute Gasteiger partial charge is 0.330 e. The lowest BCUT2D eigenvalue weighted by Crippen LogP contribution is -2.48. The van der Waals surface area contributed by atoms with E-state index in [-0.39, 0.29) is 5.91 Å². The first kappa shape index (κ1) is 19.8. The van der Waals surface area contributed by atoms with Crippen LogP contribution in [0.4, 0.5) is 5.69 Å². The van der Waals surface area contributed by atoms with Gasteiger partial charge in [-0.3, -0.25) is 9.69 Å². The normalized spacial score (nSPS) is 16.7. The Hall–Kier alpha value is -1.97. The van der Waals surface area contributed by atoms with E-state index in [2.05, 4.69) is 14.8 Å². The van der Waals surface area contributed by atoms with Crippen molar-refractivity contribution in [3.8, 4) is 0 Å². The van der Waals surface area contributed by atoms with Crippen LogP contribution in [0.5, 0.6) is 0 Å². The highest BCUT2D eigenvalue weighted by molar-refractivity contribution is 7.88. The zero-order valence-electron chi connectivity index (χ0n) is 16.1. The van der Waals surface area contributed by atoms with Gasteiger partial charge in [-0.2, -0.15) is 4.31 Å². The number of imidazole rings is 1. The van der Waals surface area contributed by atoms with Gasteiger partial charge in [0, 0.05) is 45.3 Å². The summed E-state index contributed by atoms with van der Waals surface area (Å²) >= 11 is 0. The lowest BCUT2D eigenvalue weighted by Gasteiger charge is -2.32. The number of sulfonamides is 1. The van der Waals surface area contributed by atoms with Crippen LogP contribution >= 0.6 is 0 Å². The van der Waals surface area contributed by atoms with Crippen molar-refractivity contribution < 1.29 is 13.2 Å². The van der Waals surface area contributed by atoms with E-state index in [0.29, 0.717) is 39.1 Å². The van der Waals surface area contributed by atoms with Gasteiger partial charge in [0.05, 0.1) is 23.8 Å². The quantitative estimate of drug-likeness (QED) is 0.801. The number of anilines is 1. The summed E-state index contributed by atoms with van der Waals surface area (Å²) in [7, 11) is -1.14. The van der Waals surface area contributed by atoms with Gasteiger partial charge in [0.25, 0.3) is 0 Å². The summed E-state index contributed by atoms with van der Waals surface area (Å²) < 4.78 is 26.8. The molecule has 0 aliphatic carbocycles. The molecular weight excluding hydrogens is 366 g/mol. The fraction of sp³-hybridized carbons (Fsp3) is 0.556.